The number of ether oxygens (including phenoxy) is 2. The largest absolute Gasteiger partial charge is 0.469 e. The van der Waals surface area contributed by atoms with Crippen molar-refractivity contribution < 1.29 is 28.8 Å². The molecule has 0 saturated carbocycles. The molecule has 0 saturated heterocycles. The van der Waals surface area contributed by atoms with E-state index >= 15 is 0 Å². The molecule has 7 nitrogen and oxygen atoms in total. The second kappa shape index (κ2) is 9.81. The highest BCUT2D eigenvalue weighted by molar-refractivity contribution is 5.76. The van der Waals surface area contributed by atoms with Gasteiger partial charge >= 0.3 is 11.9 Å². The van der Waals surface area contributed by atoms with Crippen LogP contribution in [0.15, 0.2) is 0 Å². The Morgan fingerprint density at radius 3 is 2.28 bits per heavy atom. The molecule has 0 aliphatic carbocycles. The van der Waals surface area contributed by atoms with E-state index in [1.807, 2.05) is 6.92 Å². The van der Waals surface area contributed by atoms with E-state index in [9.17, 15) is 9.59 Å². The molecule has 0 rings (SSSR count). The maximum atomic E-state index is 11.4. The van der Waals surface area contributed by atoms with Gasteiger partial charge in [-0.1, -0.05) is 6.92 Å². The molecule has 1 unspecified atom stereocenters. The first kappa shape index (κ1) is 16.8. The van der Waals surface area contributed by atoms with E-state index in [1.165, 1.54) is 21.3 Å². The average molecular weight is 263 g/mol. The summed E-state index contributed by atoms with van der Waals surface area (Å²) in [5.74, 6) is -0.781. The number of hydrogen-bond acceptors (Lipinski definition) is 7. The van der Waals surface area contributed by atoms with Crippen LogP contribution in [0.25, 0.3) is 0 Å². The lowest BCUT2D eigenvalue weighted by Gasteiger charge is -2.22. The van der Waals surface area contributed by atoms with Crippen molar-refractivity contribution in [2.75, 3.05) is 27.9 Å². The lowest BCUT2D eigenvalue weighted by molar-refractivity contribution is -0.276. The molecule has 0 aromatic heterocycles. The third-order valence-corrected chi connectivity index (χ3v) is 2.36. The summed E-state index contributed by atoms with van der Waals surface area (Å²) in [6.45, 7) is 1.96. The van der Waals surface area contributed by atoms with Gasteiger partial charge in [-0.05, 0) is 6.42 Å². The Kier molecular flexibility index (Phi) is 9.17. The average Bonchev–Trinajstić information content (AvgIpc) is 2.40. The summed E-state index contributed by atoms with van der Waals surface area (Å²) >= 11 is 0. The van der Waals surface area contributed by atoms with Gasteiger partial charge in [-0.3, -0.25) is 14.9 Å². The van der Waals surface area contributed by atoms with E-state index in [4.69, 9.17) is 4.89 Å². The molecule has 7 heteroatoms. The maximum absolute atomic E-state index is 11.4. The van der Waals surface area contributed by atoms with Crippen LogP contribution in [0, 0.1) is 0 Å². The van der Waals surface area contributed by atoms with Crippen LogP contribution in [0.1, 0.15) is 19.8 Å². The van der Waals surface area contributed by atoms with Gasteiger partial charge in [0, 0.05) is 6.04 Å². The zero-order valence-electron chi connectivity index (χ0n) is 11.2. The minimum atomic E-state index is -0.495. The summed E-state index contributed by atoms with van der Waals surface area (Å²) in [7, 11) is 3.98. The Labute approximate surface area is 107 Å². The van der Waals surface area contributed by atoms with Gasteiger partial charge in [0.05, 0.1) is 34.4 Å². The quantitative estimate of drug-likeness (QED) is 0.357. The van der Waals surface area contributed by atoms with Crippen LogP contribution in [-0.4, -0.2) is 52.0 Å². The van der Waals surface area contributed by atoms with Crippen LogP contribution in [0.5, 0.6) is 0 Å². The minimum Gasteiger partial charge on any atom is -0.469 e. The maximum Gasteiger partial charge on any atom is 0.322 e. The van der Waals surface area contributed by atoms with Crippen molar-refractivity contribution in [3.8, 4) is 0 Å². The molecule has 0 aromatic carbocycles. The fourth-order valence-electron chi connectivity index (χ4n) is 1.38. The smallest absolute Gasteiger partial charge is 0.322 e. The van der Waals surface area contributed by atoms with Crippen LogP contribution < -0.4 is 5.32 Å². The first-order valence-electron chi connectivity index (χ1n) is 5.65. The van der Waals surface area contributed by atoms with Crippen LogP contribution in [-0.2, 0) is 28.8 Å². The van der Waals surface area contributed by atoms with Gasteiger partial charge in [0.1, 0.15) is 6.04 Å². The summed E-state index contributed by atoms with van der Waals surface area (Å²) in [6.07, 6.45) is 0.616. The Balaban J connectivity index is 4.43. The molecular formula is C11H21NO6. The van der Waals surface area contributed by atoms with Gasteiger partial charge in [0.25, 0.3) is 0 Å². The van der Waals surface area contributed by atoms with Gasteiger partial charge in [-0.2, -0.15) is 0 Å². The molecule has 0 aromatic rings. The molecule has 0 spiro atoms. The summed E-state index contributed by atoms with van der Waals surface area (Å²) in [6, 6.07) is -0.883. The molecule has 0 heterocycles. The van der Waals surface area contributed by atoms with Gasteiger partial charge in [-0.15, -0.1) is 0 Å². The van der Waals surface area contributed by atoms with Crippen LogP contribution in [0.2, 0.25) is 0 Å². The van der Waals surface area contributed by atoms with Crippen molar-refractivity contribution in [3.05, 3.63) is 0 Å². The number of esters is 2. The zero-order chi connectivity index (χ0) is 14.0. The standard InChI is InChI=1S/C11H21NO6/c1-5-9(11(14)16-3)12-8(7-18-17-4)6-10(13)15-2/h8-9,12H,5-7H2,1-4H3/t8-,9?/m1/s1. The molecule has 0 bridgehead atoms. The Morgan fingerprint density at radius 1 is 1.17 bits per heavy atom. The van der Waals surface area contributed by atoms with Crippen molar-refractivity contribution in [3.63, 3.8) is 0 Å². The highest BCUT2D eigenvalue weighted by atomic mass is 17.2. The third-order valence-electron chi connectivity index (χ3n) is 2.36. The first-order valence-corrected chi connectivity index (χ1v) is 5.65. The second-order valence-corrected chi connectivity index (χ2v) is 3.58. The molecule has 2 atom stereocenters. The molecular weight excluding hydrogens is 242 g/mol. The Bertz CT molecular complexity index is 258. The molecule has 0 amide bonds. The zero-order valence-corrected chi connectivity index (χ0v) is 11.2. The van der Waals surface area contributed by atoms with Gasteiger partial charge in [0.15, 0.2) is 0 Å². The number of nitrogens with one attached hydrogen (secondary N) is 1. The Morgan fingerprint density at radius 2 is 1.83 bits per heavy atom. The predicted molar refractivity (Wildman–Crippen MR) is 62.6 cm³/mol. The normalized spacial score (nSPS) is 13.8. The second-order valence-electron chi connectivity index (χ2n) is 3.58. The fourth-order valence-corrected chi connectivity index (χ4v) is 1.38. The number of rotatable bonds is 9. The molecule has 0 aliphatic rings. The molecule has 1 N–H and O–H groups in total. The highest BCUT2D eigenvalue weighted by Crippen LogP contribution is 2.02. The van der Waals surface area contributed by atoms with E-state index in [-0.39, 0.29) is 25.0 Å². The number of hydrogen-bond donors (Lipinski definition) is 1. The molecule has 106 valence electrons. The van der Waals surface area contributed by atoms with E-state index in [0.29, 0.717) is 6.42 Å². The lowest BCUT2D eigenvalue weighted by Crippen LogP contribution is -2.46. The lowest BCUT2D eigenvalue weighted by atomic mass is 10.1. The van der Waals surface area contributed by atoms with Gasteiger partial charge in [-0.25, -0.2) is 9.78 Å². The minimum absolute atomic E-state index is 0.0767. The first-order chi connectivity index (χ1) is 8.58. The molecule has 0 radical (unpaired) electrons. The fraction of sp³-hybridized carbons (Fsp3) is 0.818. The predicted octanol–water partition coefficient (Wildman–Crippen LogP) is 0.0373. The van der Waals surface area contributed by atoms with E-state index in [0.717, 1.165) is 0 Å². The van der Waals surface area contributed by atoms with Crippen LogP contribution in [0.3, 0.4) is 0 Å². The third kappa shape index (κ3) is 6.53. The van der Waals surface area contributed by atoms with Crippen molar-refractivity contribution in [1.29, 1.82) is 0 Å². The van der Waals surface area contributed by atoms with E-state index in [1.54, 1.807) is 0 Å². The SMILES string of the molecule is CCC(N[C@@H](COOC)CC(=O)OC)C(=O)OC. The van der Waals surface area contributed by atoms with Gasteiger partial charge < -0.3 is 9.47 Å². The number of carbonyl (C=O) groups excluding carboxylic acids is 2. The summed E-state index contributed by atoms with van der Waals surface area (Å²) in [4.78, 5) is 31.9. The van der Waals surface area contributed by atoms with Crippen LogP contribution >= 0.6 is 0 Å². The molecule has 0 fully saturated rings. The van der Waals surface area contributed by atoms with Crippen molar-refractivity contribution in [2.45, 2.75) is 31.8 Å². The summed E-state index contributed by atoms with van der Waals surface area (Å²) < 4.78 is 9.22. The monoisotopic (exact) mass is 263 g/mol. The van der Waals surface area contributed by atoms with Crippen molar-refractivity contribution in [1.82, 2.24) is 5.32 Å². The molecule has 18 heavy (non-hydrogen) atoms. The number of carbonyl (C=O) groups is 2. The number of methoxy groups -OCH3 is 2. The van der Waals surface area contributed by atoms with Crippen molar-refractivity contribution >= 4 is 11.9 Å². The van der Waals surface area contributed by atoms with Gasteiger partial charge in [0.2, 0.25) is 0 Å². The Hall–Kier alpha value is -1.18. The summed E-state index contributed by atoms with van der Waals surface area (Å²) in [5.41, 5.74) is 0. The van der Waals surface area contributed by atoms with Crippen molar-refractivity contribution in [2.24, 2.45) is 0 Å². The molecule has 0 aliphatic heterocycles. The van der Waals surface area contributed by atoms with E-state index in [2.05, 4.69) is 19.7 Å². The van der Waals surface area contributed by atoms with E-state index < -0.39 is 12.0 Å². The van der Waals surface area contributed by atoms with Crippen LogP contribution in [0.4, 0.5) is 0 Å². The topological polar surface area (TPSA) is 83.1 Å². The highest BCUT2D eigenvalue weighted by Gasteiger charge is 2.23. The summed E-state index contributed by atoms with van der Waals surface area (Å²) in [5, 5.41) is 2.97.